The molecule has 0 spiro atoms. The molecule has 0 saturated carbocycles. The number of hydrogen-bond donors (Lipinski definition) is 1. The largest absolute Gasteiger partial charge is 0.388 e. The number of rotatable bonds is 6. The van der Waals surface area contributed by atoms with Gasteiger partial charge in [0.15, 0.2) is 0 Å². The van der Waals surface area contributed by atoms with Crippen molar-refractivity contribution in [3.05, 3.63) is 39.3 Å². The van der Waals surface area contributed by atoms with E-state index >= 15 is 0 Å². The van der Waals surface area contributed by atoms with E-state index in [4.69, 9.17) is 0 Å². The van der Waals surface area contributed by atoms with E-state index in [-0.39, 0.29) is 0 Å². The van der Waals surface area contributed by atoms with E-state index in [0.717, 1.165) is 24.1 Å². The second kappa shape index (κ2) is 6.55. The minimum absolute atomic E-state index is 0.454. The molecule has 0 aliphatic carbocycles. The fourth-order valence-corrected chi connectivity index (χ4v) is 3.62. The van der Waals surface area contributed by atoms with Gasteiger partial charge in [-0.15, -0.1) is 11.3 Å². The van der Waals surface area contributed by atoms with Crippen molar-refractivity contribution >= 4 is 11.3 Å². The van der Waals surface area contributed by atoms with Crippen molar-refractivity contribution < 1.29 is 5.11 Å². The maximum Gasteiger partial charge on any atom is 0.0856 e. The molecule has 1 atom stereocenters. The number of hydrogen-bond acceptors (Lipinski definition) is 3. The fourth-order valence-electron chi connectivity index (χ4n) is 2.64. The first-order valence-electron chi connectivity index (χ1n) is 7.34. The van der Waals surface area contributed by atoms with Crippen molar-refractivity contribution in [3.8, 4) is 0 Å². The van der Waals surface area contributed by atoms with Gasteiger partial charge in [0.05, 0.1) is 17.8 Å². The zero-order chi connectivity index (χ0) is 14.7. The molecule has 0 amide bonds. The Kier molecular flexibility index (Phi) is 5.00. The fraction of sp³-hybridized carbons (Fsp3) is 0.562. The van der Waals surface area contributed by atoms with Gasteiger partial charge >= 0.3 is 0 Å². The summed E-state index contributed by atoms with van der Waals surface area (Å²) in [5.74, 6) is 0. The number of aryl methyl sites for hydroxylation is 2. The van der Waals surface area contributed by atoms with Crippen LogP contribution in [0.3, 0.4) is 0 Å². The van der Waals surface area contributed by atoms with E-state index < -0.39 is 6.10 Å². The summed E-state index contributed by atoms with van der Waals surface area (Å²) >= 11 is 1.74. The Morgan fingerprint density at radius 3 is 2.55 bits per heavy atom. The van der Waals surface area contributed by atoms with Gasteiger partial charge in [0.1, 0.15) is 0 Å². The molecule has 0 fully saturated rings. The minimum atomic E-state index is -0.454. The first-order valence-corrected chi connectivity index (χ1v) is 8.15. The Morgan fingerprint density at radius 1 is 1.30 bits per heavy atom. The number of aromatic nitrogens is 2. The maximum atomic E-state index is 10.4. The standard InChI is InChI=1S/C16H24N2OS/c1-5-14(6-2)18-8-7-13(17-18)10-16(19)15-9-11(3)20-12(15)4/h7-9,14,16,19H,5-6,10H2,1-4H3. The summed E-state index contributed by atoms with van der Waals surface area (Å²) in [4.78, 5) is 2.45. The molecule has 2 aromatic heterocycles. The third kappa shape index (κ3) is 3.30. The van der Waals surface area contributed by atoms with Crippen LogP contribution in [0, 0.1) is 13.8 Å². The van der Waals surface area contributed by atoms with E-state index in [0.29, 0.717) is 12.5 Å². The van der Waals surface area contributed by atoms with Gasteiger partial charge in [-0.05, 0) is 44.4 Å². The molecule has 0 aliphatic heterocycles. The highest BCUT2D eigenvalue weighted by Gasteiger charge is 2.16. The molecular formula is C16H24N2OS. The van der Waals surface area contributed by atoms with Crippen LogP contribution in [0.4, 0.5) is 0 Å². The van der Waals surface area contributed by atoms with Gasteiger partial charge < -0.3 is 5.11 Å². The predicted molar refractivity (Wildman–Crippen MR) is 84.3 cm³/mol. The van der Waals surface area contributed by atoms with Gasteiger partial charge in [0, 0.05) is 22.4 Å². The normalized spacial score (nSPS) is 13.1. The van der Waals surface area contributed by atoms with Crippen LogP contribution >= 0.6 is 11.3 Å². The zero-order valence-electron chi connectivity index (χ0n) is 12.8. The van der Waals surface area contributed by atoms with Gasteiger partial charge in [0.25, 0.3) is 0 Å². The summed E-state index contributed by atoms with van der Waals surface area (Å²) in [5.41, 5.74) is 2.01. The summed E-state index contributed by atoms with van der Waals surface area (Å²) in [6, 6.07) is 4.57. The third-order valence-corrected chi connectivity index (χ3v) is 4.80. The molecule has 0 radical (unpaired) electrons. The van der Waals surface area contributed by atoms with E-state index in [2.05, 4.69) is 38.9 Å². The first kappa shape index (κ1) is 15.3. The summed E-state index contributed by atoms with van der Waals surface area (Å²) in [7, 11) is 0. The molecule has 20 heavy (non-hydrogen) atoms. The first-order chi connectivity index (χ1) is 9.55. The third-order valence-electron chi connectivity index (χ3n) is 3.82. The van der Waals surface area contributed by atoms with E-state index in [1.165, 1.54) is 9.75 Å². The van der Waals surface area contributed by atoms with Crippen LogP contribution in [0.1, 0.15) is 59.8 Å². The van der Waals surface area contributed by atoms with Crippen LogP contribution < -0.4 is 0 Å². The van der Waals surface area contributed by atoms with Gasteiger partial charge in [-0.1, -0.05) is 13.8 Å². The van der Waals surface area contributed by atoms with Crippen molar-refractivity contribution in [2.24, 2.45) is 0 Å². The van der Waals surface area contributed by atoms with Crippen molar-refractivity contribution in [1.82, 2.24) is 9.78 Å². The van der Waals surface area contributed by atoms with Crippen LogP contribution in [0.2, 0.25) is 0 Å². The van der Waals surface area contributed by atoms with E-state index in [1.807, 2.05) is 16.9 Å². The van der Waals surface area contributed by atoms with Crippen LogP contribution in [0.25, 0.3) is 0 Å². The lowest BCUT2D eigenvalue weighted by Gasteiger charge is -2.13. The highest BCUT2D eigenvalue weighted by atomic mass is 32.1. The molecule has 2 rings (SSSR count). The highest BCUT2D eigenvalue weighted by Crippen LogP contribution is 2.28. The number of nitrogens with zero attached hydrogens (tertiary/aromatic N) is 2. The molecule has 110 valence electrons. The quantitative estimate of drug-likeness (QED) is 0.866. The molecular weight excluding hydrogens is 268 g/mol. The lowest BCUT2D eigenvalue weighted by molar-refractivity contribution is 0.176. The second-order valence-electron chi connectivity index (χ2n) is 5.35. The molecule has 4 heteroatoms. The monoisotopic (exact) mass is 292 g/mol. The maximum absolute atomic E-state index is 10.4. The lowest BCUT2D eigenvalue weighted by atomic mass is 10.1. The van der Waals surface area contributed by atoms with Crippen molar-refractivity contribution in [3.63, 3.8) is 0 Å². The van der Waals surface area contributed by atoms with Gasteiger partial charge in [-0.25, -0.2) is 0 Å². The Balaban J connectivity index is 2.08. The molecule has 0 bridgehead atoms. The van der Waals surface area contributed by atoms with Crippen LogP contribution in [0.15, 0.2) is 18.3 Å². The van der Waals surface area contributed by atoms with Crippen molar-refractivity contribution in [2.45, 2.75) is 59.1 Å². The number of aliphatic hydroxyl groups excluding tert-OH is 1. The molecule has 2 heterocycles. The Morgan fingerprint density at radius 2 is 2.00 bits per heavy atom. The van der Waals surface area contributed by atoms with Crippen molar-refractivity contribution in [2.75, 3.05) is 0 Å². The van der Waals surface area contributed by atoms with Gasteiger partial charge in [-0.2, -0.15) is 5.10 Å². The summed E-state index contributed by atoms with van der Waals surface area (Å²) in [6.07, 6.45) is 4.34. The van der Waals surface area contributed by atoms with E-state index in [1.54, 1.807) is 11.3 Å². The summed E-state index contributed by atoms with van der Waals surface area (Å²) in [6.45, 7) is 8.51. The van der Waals surface area contributed by atoms with Crippen LogP contribution in [0.5, 0.6) is 0 Å². The van der Waals surface area contributed by atoms with Gasteiger partial charge in [0.2, 0.25) is 0 Å². The molecule has 2 aromatic rings. The smallest absolute Gasteiger partial charge is 0.0856 e. The topological polar surface area (TPSA) is 38.0 Å². The average Bonchev–Trinajstić information content (AvgIpc) is 2.98. The average molecular weight is 292 g/mol. The molecule has 1 N–H and O–H groups in total. The summed E-state index contributed by atoms with van der Waals surface area (Å²) in [5, 5.41) is 15.0. The highest BCUT2D eigenvalue weighted by molar-refractivity contribution is 7.12. The molecule has 1 unspecified atom stereocenters. The lowest BCUT2D eigenvalue weighted by Crippen LogP contribution is -2.09. The minimum Gasteiger partial charge on any atom is -0.388 e. The second-order valence-corrected chi connectivity index (χ2v) is 6.81. The van der Waals surface area contributed by atoms with E-state index in [9.17, 15) is 5.11 Å². The van der Waals surface area contributed by atoms with Crippen LogP contribution in [-0.2, 0) is 6.42 Å². The molecule has 0 saturated heterocycles. The molecule has 3 nitrogen and oxygen atoms in total. The Bertz CT molecular complexity index is 555. The SMILES string of the molecule is CCC(CC)n1ccc(CC(O)c2cc(C)sc2C)n1. The predicted octanol–water partition coefficient (Wildman–Crippen LogP) is 4.20. The van der Waals surface area contributed by atoms with Gasteiger partial charge in [-0.3, -0.25) is 4.68 Å². The Hall–Kier alpha value is -1.13. The number of aliphatic hydroxyl groups is 1. The summed E-state index contributed by atoms with van der Waals surface area (Å²) < 4.78 is 2.04. The Labute approximate surface area is 125 Å². The zero-order valence-corrected chi connectivity index (χ0v) is 13.6. The van der Waals surface area contributed by atoms with Crippen molar-refractivity contribution in [1.29, 1.82) is 0 Å². The molecule has 0 aromatic carbocycles. The molecule has 0 aliphatic rings. The number of thiophene rings is 1. The van der Waals surface area contributed by atoms with Crippen LogP contribution in [-0.4, -0.2) is 14.9 Å².